The number of hydrogen-bond acceptors (Lipinski definition) is 3. The van der Waals surface area contributed by atoms with Gasteiger partial charge in [0.15, 0.2) is 11.0 Å². The van der Waals surface area contributed by atoms with Gasteiger partial charge in [-0.15, -0.1) is 0 Å². The zero-order chi connectivity index (χ0) is 14.3. The highest BCUT2D eigenvalue weighted by atomic mass is 35.5. The summed E-state index contributed by atoms with van der Waals surface area (Å²) >= 11 is 5.99. The van der Waals surface area contributed by atoms with Gasteiger partial charge in [-0.25, -0.2) is 0 Å². The molecule has 3 rings (SSSR count). The second-order valence-electron chi connectivity index (χ2n) is 4.59. The molecule has 20 heavy (non-hydrogen) atoms. The molecule has 1 aromatic heterocycles. The Labute approximate surface area is 120 Å². The average molecular weight is 286 g/mol. The maximum atomic E-state index is 12.4. The van der Waals surface area contributed by atoms with Gasteiger partial charge in [-0.3, -0.25) is 4.79 Å². The molecule has 100 valence electrons. The van der Waals surface area contributed by atoms with Gasteiger partial charge in [0.1, 0.15) is 5.76 Å². The molecule has 1 heterocycles. The van der Waals surface area contributed by atoms with Gasteiger partial charge in [0, 0.05) is 11.1 Å². The summed E-state index contributed by atoms with van der Waals surface area (Å²) in [6, 6.07) is 12.7. The zero-order valence-electron chi connectivity index (χ0n) is 10.8. The normalized spacial score (nSPS) is 10.9. The van der Waals surface area contributed by atoms with E-state index in [1.165, 1.54) is 0 Å². The maximum Gasteiger partial charge on any atom is 0.196 e. The van der Waals surface area contributed by atoms with Crippen LogP contribution in [-0.4, -0.2) is 0 Å². The van der Waals surface area contributed by atoms with Crippen molar-refractivity contribution in [1.82, 2.24) is 0 Å². The molecule has 4 heteroatoms. The predicted octanol–water partition coefficient (Wildman–Crippen LogP) is 4.00. The summed E-state index contributed by atoms with van der Waals surface area (Å²) in [7, 11) is 0. The van der Waals surface area contributed by atoms with Crippen LogP contribution in [0.15, 0.2) is 51.7 Å². The van der Waals surface area contributed by atoms with E-state index in [1.54, 1.807) is 19.1 Å². The largest absolute Gasteiger partial charge is 0.453 e. The van der Waals surface area contributed by atoms with E-state index in [0.717, 1.165) is 5.56 Å². The molecule has 0 fully saturated rings. The molecular weight excluding hydrogens is 274 g/mol. The standard InChI is InChI=1S/C16H12ClNO2/c1-9-14(19)11-7-8-12(17)13(18)16(11)20-15(9)10-5-3-2-4-6-10/h2-8H,18H2,1H3. The molecule has 0 aliphatic heterocycles. The van der Waals surface area contributed by atoms with Gasteiger partial charge in [0.2, 0.25) is 0 Å². The van der Waals surface area contributed by atoms with E-state index in [0.29, 0.717) is 33.0 Å². The van der Waals surface area contributed by atoms with Crippen LogP contribution < -0.4 is 11.2 Å². The van der Waals surface area contributed by atoms with E-state index in [4.69, 9.17) is 21.8 Å². The summed E-state index contributed by atoms with van der Waals surface area (Å²) in [6.07, 6.45) is 0. The number of halogens is 1. The van der Waals surface area contributed by atoms with Crippen molar-refractivity contribution < 1.29 is 4.42 Å². The van der Waals surface area contributed by atoms with Crippen molar-refractivity contribution in [1.29, 1.82) is 0 Å². The van der Waals surface area contributed by atoms with Gasteiger partial charge in [0.25, 0.3) is 0 Å². The molecule has 0 aliphatic carbocycles. The van der Waals surface area contributed by atoms with Gasteiger partial charge in [-0.2, -0.15) is 0 Å². The SMILES string of the molecule is Cc1c(-c2ccccc2)oc2c(N)c(Cl)ccc2c1=O. The number of rotatable bonds is 1. The minimum Gasteiger partial charge on any atom is -0.453 e. The minimum absolute atomic E-state index is 0.0894. The van der Waals surface area contributed by atoms with Crippen LogP contribution in [0.4, 0.5) is 5.69 Å². The van der Waals surface area contributed by atoms with Crippen LogP contribution in [0.2, 0.25) is 5.02 Å². The topological polar surface area (TPSA) is 56.2 Å². The van der Waals surface area contributed by atoms with Crippen molar-refractivity contribution >= 4 is 28.3 Å². The number of nitrogen functional groups attached to an aromatic ring is 1. The van der Waals surface area contributed by atoms with Crippen LogP contribution in [0.25, 0.3) is 22.3 Å². The number of fused-ring (bicyclic) bond motifs is 1. The molecule has 0 bridgehead atoms. The van der Waals surface area contributed by atoms with Gasteiger partial charge >= 0.3 is 0 Å². The lowest BCUT2D eigenvalue weighted by molar-refractivity contribution is 0.615. The van der Waals surface area contributed by atoms with Crippen molar-refractivity contribution in [3.8, 4) is 11.3 Å². The maximum absolute atomic E-state index is 12.4. The lowest BCUT2D eigenvalue weighted by atomic mass is 10.1. The van der Waals surface area contributed by atoms with Gasteiger partial charge in [-0.1, -0.05) is 41.9 Å². The Kier molecular flexibility index (Phi) is 2.99. The molecule has 2 aromatic carbocycles. The molecule has 3 aromatic rings. The molecule has 0 aliphatic rings. The fraction of sp³-hybridized carbons (Fsp3) is 0.0625. The first-order chi connectivity index (χ1) is 9.59. The highest BCUT2D eigenvalue weighted by molar-refractivity contribution is 6.34. The molecule has 3 nitrogen and oxygen atoms in total. The Morgan fingerprint density at radius 3 is 2.50 bits per heavy atom. The smallest absolute Gasteiger partial charge is 0.196 e. The predicted molar refractivity (Wildman–Crippen MR) is 82.1 cm³/mol. The molecule has 0 saturated carbocycles. The molecule has 2 N–H and O–H groups in total. The third-order valence-electron chi connectivity index (χ3n) is 3.31. The summed E-state index contributed by atoms with van der Waals surface area (Å²) < 4.78 is 5.86. The number of anilines is 1. The fourth-order valence-corrected chi connectivity index (χ4v) is 2.36. The first-order valence-corrected chi connectivity index (χ1v) is 6.54. The summed E-state index contributed by atoms with van der Waals surface area (Å²) in [5, 5.41) is 0.826. The van der Waals surface area contributed by atoms with E-state index in [-0.39, 0.29) is 5.43 Å². The molecular formula is C16H12ClNO2. The molecule has 0 radical (unpaired) electrons. The van der Waals surface area contributed by atoms with E-state index < -0.39 is 0 Å². The van der Waals surface area contributed by atoms with Gasteiger partial charge < -0.3 is 10.2 Å². The summed E-state index contributed by atoms with van der Waals surface area (Å²) in [4.78, 5) is 12.4. The van der Waals surface area contributed by atoms with Crippen LogP contribution in [-0.2, 0) is 0 Å². The lowest BCUT2D eigenvalue weighted by Gasteiger charge is -2.09. The average Bonchev–Trinajstić information content (AvgIpc) is 2.47. The Hall–Kier alpha value is -2.26. The molecule has 0 saturated heterocycles. The van der Waals surface area contributed by atoms with Gasteiger partial charge in [0.05, 0.1) is 16.1 Å². The zero-order valence-corrected chi connectivity index (χ0v) is 11.6. The highest BCUT2D eigenvalue weighted by Gasteiger charge is 2.15. The number of nitrogens with two attached hydrogens (primary N) is 1. The van der Waals surface area contributed by atoms with Crippen LogP contribution in [0.3, 0.4) is 0 Å². The van der Waals surface area contributed by atoms with E-state index in [1.807, 2.05) is 30.3 Å². The Bertz CT molecular complexity index is 854. The second-order valence-corrected chi connectivity index (χ2v) is 5.00. The van der Waals surface area contributed by atoms with Crippen molar-refractivity contribution in [2.24, 2.45) is 0 Å². The number of benzene rings is 2. The summed E-state index contributed by atoms with van der Waals surface area (Å²) in [6.45, 7) is 1.75. The molecule has 0 amide bonds. The first kappa shape index (κ1) is 12.8. The first-order valence-electron chi connectivity index (χ1n) is 6.16. The van der Waals surface area contributed by atoms with E-state index >= 15 is 0 Å². The summed E-state index contributed by atoms with van der Waals surface area (Å²) in [5.74, 6) is 0.525. The van der Waals surface area contributed by atoms with E-state index in [2.05, 4.69) is 0 Å². The Morgan fingerprint density at radius 1 is 1.10 bits per heavy atom. The lowest BCUT2D eigenvalue weighted by Crippen LogP contribution is -2.08. The third-order valence-corrected chi connectivity index (χ3v) is 3.64. The van der Waals surface area contributed by atoms with Gasteiger partial charge in [-0.05, 0) is 19.1 Å². The third kappa shape index (κ3) is 1.87. The minimum atomic E-state index is -0.0894. The van der Waals surface area contributed by atoms with Crippen LogP contribution in [0.5, 0.6) is 0 Å². The van der Waals surface area contributed by atoms with Crippen molar-refractivity contribution in [3.05, 3.63) is 63.3 Å². The Balaban J connectivity index is 2.44. The van der Waals surface area contributed by atoms with Crippen LogP contribution in [0, 0.1) is 6.92 Å². The monoisotopic (exact) mass is 285 g/mol. The fourth-order valence-electron chi connectivity index (χ4n) is 2.21. The quantitative estimate of drug-likeness (QED) is 0.687. The molecule has 0 unspecified atom stereocenters. The molecule has 0 atom stereocenters. The van der Waals surface area contributed by atoms with E-state index in [9.17, 15) is 4.79 Å². The Morgan fingerprint density at radius 2 is 1.80 bits per heavy atom. The van der Waals surface area contributed by atoms with Crippen molar-refractivity contribution in [3.63, 3.8) is 0 Å². The summed E-state index contributed by atoms with van der Waals surface area (Å²) in [5.41, 5.74) is 7.86. The molecule has 0 spiro atoms. The van der Waals surface area contributed by atoms with Crippen molar-refractivity contribution in [2.45, 2.75) is 6.92 Å². The highest BCUT2D eigenvalue weighted by Crippen LogP contribution is 2.31. The van der Waals surface area contributed by atoms with Crippen molar-refractivity contribution in [2.75, 3.05) is 5.73 Å². The van der Waals surface area contributed by atoms with Crippen LogP contribution >= 0.6 is 11.6 Å². The second kappa shape index (κ2) is 4.69. The van der Waals surface area contributed by atoms with Crippen LogP contribution in [0.1, 0.15) is 5.56 Å². The number of hydrogen-bond donors (Lipinski definition) is 1.